The zero-order chi connectivity index (χ0) is 27.8. The maximum Gasteiger partial charge on any atom is 0.481 e. The number of phosphoric ester groups is 1. The number of imidazole rings is 1. The largest absolute Gasteiger partial charge is 0.481 e. The highest BCUT2D eigenvalue weighted by atomic mass is 31.3. The Morgan fingerprint density at radius 3 is 2.63 bits per heavy atom. The smallest absolute Gasteiger partial charge is 0.386 e. The number of amides is 1. The van der Waals surface area contributed by atoms with Crippen LogP contribution in [0.1, 0.15) is 16.6 Å². The molecule has 38 heavy (non-hydrogen) atoms. The molecule has 206 valence electrons. The summed E-state index contributed by atoms with van der Waals surface area (Å²) in [7, 11) is -9.06. The number of H-pyrrole nitrogens is 1. The molecule has 5 atom stereocenters. The van der Waals surface area contributed by atoms with Gasteiger partial charge in [-0.25, -0.2) is 13.7 Å². The number of carbonyl (C=O) groups is 1. The van der Waals surface area contributed by atoms with Crippen LogP contribution in [0.2, 0.25) is 0 Å². The maximum atomic E-state index is 12.6. The monoisotopic (exact) mass is 575 g/mol. The number of aliphatic hydroxyl groups is 1. The molecule has 8 N–H and O–H groups in total. The first-order valence-corrected chi connectivity index (χ1v) is 14.0. The summed E-state index contributed by atoms with van der Waals surface area (Å²) in [5, 5.41) is 13.8. The second-order valence-electron chi connectivity index (χ2n) is 8.39. The Labute approximate surface area is 213 Å². The molecular weight excluding hydrogens is 550 g/mol. The number of aliphatic hydroxyl groups excluding tert-OH is 1. The molecule has 1 aliphatic rings. The van der Waals surface area contributed by atoms with E-state index in [0.29, 0.717) is 5.56 Å². The summed E-state index contributed by atoms with van der Waals surface area (Å²) in [4.78, 5) is 58.8. The minimum absolute atomic E-state index is 0.0594. The molecule has 0 saturated carbocycles. The number of hydrogen-bond donors (Lipinski definition) is 7. The molecule has 1 aromatic carbocycles. The van der Waals surface area contributed by atoms with E-state index in [-0.39, 0.29) is 23.7 Å². The van der Waals surface area contributed by atoms with E-state index in [9.17, 15) is 28.7 Å². The molecule has 0 spiro atoms. The van der Waals surface area contributed by atoms with Gasteiger partial charge in [-0.3, -0.25) is 23.7 Å². The normalized spacial score (nSPS) is 23.4. The molecule has 3 heterocycles. The zero-order valence-electron chi connectivity index (χ0n) is 19.6. The van der Waals surface area contributed by atoms with Crippen molar-refractivity contribution in [2.24, 2.45) is 13.0 Å². The zero-order valence-corrected chi connectivity index (χ0v) is 21.4. The molecule has 0 radical (unpaired) electrons. The standard InChI is InChI=1S/C19H24N6O11P2/c1-24-9-25(15-13(24)17(28)23-19(20)22-15)18-14(26)11(7-21-16(27)10-5-3-2-4-6-10)12(35-18)8-34-38(32,33)36-37(29,30)31/h2-6,9,11-12,14,18,26H,7-8H2,1H3,(H6-,20,21,22,23,27,28,29,30,31,32,33)/p+1/t11-,12-,14-,18-/m1/s1. The Balaban J connectivity index is 1.62. The number of nitrogens with zero attached hydrogens (tertiary/aromatic N) is 3. The number of fused-ring (bicyclic) bond motifs is 1. The summed E-state index contributed by atoms with van der Waals surface area (Å²) in [5.41, 5.74) is 5.63. The Morgan fingerprint density at radius 1 is 1.29 bits per heavy atom. The number of phosphoric acid groups is 2. The lowest BCUT2D eigenvalue weighted by Gasteiger charge is -2.21. The van der Waals surface area contributed by atoms with E-state index < -0.39 is 58.1 Å². The minimum Gasteiger partial charge on any atom is -0.386 e. The van der Waals surface area contributed by atoms with Gasteiger partial charge in [0.15, 0.2) is 6.33 Å². The highest BCUT2D eigenvalue weighted by molar-refractivity contribution is 7.60. The summed E-state index contributed by atoms with van der Waals surface area (Å²) in [6, 6.07) is 8.19. The number of anilines is 1. The average Bonchev–Trinajstić information content (AvgIpc) is 3.31. The van der Waals surface area contributed by atoms with Crippen molar-refractivity contribution >= 4 is 38.7 Å². The van der Waals surface area contributed by atoms with Gasteiger partial charge in [-0.05, 0) is 12.1 Å². The Morgan fingerprint density at radius 2 is 1.97 bits per heavy atom. The van der Waals surface area contributed by atoms with E-state index in [2.05, 4.69) is 19.6 Å². The molecule has 1 amide bonds. The summed E-state index contributed by atoms with van der Waals surface area (Å²) in [5.74, 6) is -1.64. The summed E-state index contributed by atoms with van der Waals surface area (Å²) >= 11 is 0. The summed E-state index contributed by atoms with van der Waals surface area (Å²) < 4.78 is 40.1. The van der Waals surface area contributed by atoms with Crippen LogP contribution in [0.3, 0.4) is 0 Å². The predicted octanol–water partition coefficient (Wildman–Crippen LogP) is -1.34. The number of aromatic amines is 1. The van der Waals surface area contributed by atoms with Gasteiger partial charge in [0.25, 0.3) is 17.4 Å². The van der Waals surface area contributed by atoms with E-state index in [1.807, 2.05) is 0 Å². The number of ether oxygens (including phenoxy) is 1. The maximum absolute atomic E-state index is 12.6. The van der Waals surface area contributed by atoms with Crippen molar-refractivity contribution in [1.29, 1.82) is 0 Å². The fraction of sp³-hybridized carbons (Fsp3) is 0.368. The van der Waals surface area contributed by atoms with Crippen molar-refractivity contribution in [2.45, 2.75) is 18.4 Å². The molecule has 1 fully saturated rings. The van der Waals surface area contributed by atoms with Crippen LogP contribution in [0.4, 0.5) is 5.95 Å². The summed E-state index contributed by atoms with van der Waals surface area (Å²) in [6.07, 6.45) is -2.41. The number of aryl methyl sites for hydroxylation is 1. The van der Waals surface area contributed by atoms with Crippen LogP contribution in [0.15, 0.2) is 41.5 Å². The number of nitrogen functional groups attached to an aromatic ring is 1. The van der Waals surface area contributed by atoms with Crippen molar-refractivity contribution in [3.05, 3.63) is 52.6 Å². The van der Waals surface area contributed by atoms with E-state index in [1.54, 1.807) is 37.4 Å². The van der Waals surface area contributed by atoms with Crippen molar-refractivity contribution in [1.82, 2.24) is 19.9 Å². The van der Waals surface area contributed by atoms with Crippen molar-refractivity contribution in [3.63, 3.8) is 0 Å². The minimum atomic E-state index is -5.37. The van der Waals surface area contributed by atoms with E-state index >= 15 is 0 Å². The molecule has 1 saturated heterocycles. The van der Waals surface area contributed by atoms with Crippen LogP contribution in [-0.4, -0.2) is 65.6 Å². The first kappa shape index (κ1) is 28.0. The third-order valence-corrected chi connectivity index (χ3v) is 7.88. The van der Waals surface area contributed by atoms with Gasteiger partial charge in [-0.1, -0.05) is 23.2 Å². The van der Waals surface area contributed by atoms with E-state index in [4.69, 9.17) is 24.8 Å². The van der Waals surface area contributed by atoms with E-state index in [0.717, 1.165) is 0 Å². The number of nitrogens with one attached hydrogen (secondary N) is 2. The average molecular weight is 575 g/mol. The SMILES string of the molecule is Cn1c[n+]([C@@H]2O[C@H](COP(=O)(O)OP(=O)(O)O)[C@@H](CNC(=O)c3ccccc3)[C@H]2O)c2nc(N)[nH]c(=O)c21. The molecule has 1 unspecified atom stereocenters. The van der Waals surface area contributed by atoms with Crippen LogP contribution in [0.25, 0.3) is 11.2 Å². The third-order valence-electron chi connectivity index (χ3n) is 5.73. The molecule has 17 nitrogen and oxygen atoms in total. The van der Waals surface area contributed by atoms with Crippen molar-refractivity contribution < 1.29 is 51.8 Å². The van der Waals surface area contributed by atoms with Crippen molar-refractivity contribution in [2.75, 3.05) is 18.9 Å². The number of carbonyl (C=O) groups excluding carboxylic acids is 1. The number of nitrogens with two attached hydrogens (primary N) is 1. The second kappa shape index (κ2) is 10.6. The Hall–Kier alpha value is -2.98. The number of hydrogen-bond acceptors (Lipinski definition) is 10. The van der Waals surface area contributed by atoms with Gasteiger partial charge in [0.2, 0.25) is 11.7 Å². The molecule has 4 rings (SSSR count). The summed E-state index contributed by atoms with van der Waals surface area (Å²) in [6.45, 7) is -0.968. The molecule has 2 aromatic heterocycles. The topological polar surface area (TPSA) is 252 Å². The first-order valence-electron chi connectivity index (χ1n) is 10.9. The molecule has 19 heteroatoms. The molecular formula is C19H25N6O11P2+. The lowest BCUT2D eigenvalue weighted by Crippen LogP contribution is -2.46. The van der Waals surface area contributed by atoms with E-state index in [1.165, 1.54) is 15.5 Å². The molecule has 0 bridgehead atoms. The highest BCUT2D eigenvalue weighted by Crippen LogP contribution is 2.57. The Kier molecular flexibility index (Phi) is 7.86. The molecule has 1 aliphatic heterocycles. The van der Waals surface area contributed by atoms with Gasteiger partial charge >= 0.3 is 21.3 Å². The lowest BCUT2D eigenvalue weighted by atomic mass is 9.98. The number of benzene rings is 1. The van der Waals surface area contributed by atoms with Crippen molar-refractivity contribution in [3.8, 4) is 0 Å². The lowest BCUT2D eigenvalue weighted by molar-refractivity contribution is -0.745. The first-order chi connectivity index (χ1) is 17.8. The van der Waals surface area contributed by atoms with Crippen LogP contribution in [0.5, 0.6) is 0 Å². The number of rotatable bonds is 9. The quantitative estimate of drug-likeness (QED) is 0.115. The van der Waals surface area contributed by atoms with Crippen LogP contribution < -0.4 is 21.2 Å². The van der Waals surface area contributed by atoms with Crippen LogP contribution >= 0.6 is 15.6 Å². The van der Waals surface area contributed by atoms with Crippen LogP contribution in [-0.2, 0) is 29.7 Å². The van der Waals surface area contributed by atoms with Crippen LogP contribution in [0, 0.1) is 5.92 Å². The third kappa shape index (κ3) is 6.18. The van der Waals surface area contributed by atoms with Gasteiger partial charge in [-0.15, -0.1) is 0 Å². The van der Waals surface area contributed by atoms with Gasteiger partial charge in [0.05, 0.1) is 19.8 Å². The number of aromatic nitrogens is 4. The van der Waals surface area contributed by atoms with Gasteiger partial charge < -0.3 is 35.6 Å². The van der Waals surface area contributed by atoms with Gasteiger partial charge in [0, 0.05) is 18.0 Å². The highest BCUT2D eigenvalue weighted by Gasteiger charge is 2.49. The van der Waals surface area contributed by atoms with Gasteiger partial charge in [0.1, 0.15) is 6.10 Å². The molecule has 3 aromatic rings. The second-order valence-corrected chi connectivity index (χ2v) is 11.2. The fourth-order valence-corrected chi connectivity index (χ4v) is 5.72. The van der Waals surface area contributed by atoms with Gasteiger partial charge in [-0.2, -0.15) is 4.31 Å². The Bertz CT molecular complexity index is 1490. The predicted molar refractivity (Wildman–Crippen MR) is 127 cm³/mol. The fourth-order valence-electron chi connectivity index (χ4n) is 4.12. The molecule has 0 aliphatic carbocycles.